The van der Waals surface area contributed by atoms with Crippen molar-refractivity contribution in [2.24, 2.45) is 0 Å². The Morgan fingerprint density at radius 2 is 1.86 bits per heavy atom. The van der Waals surface area contributed by atoms with E-state index in [0.717, 1.165) is 18.3 Å². The van der Waals surface area contributed by atoms with Gasteiger partial charge in [-0.2, -0.15) is 13.2 Å². The molecule has 0 amide bonds. The Morgan fingerprint density at radius 3 is 2.38 bits per heavy atom. The van der Waals surface area contributed by atoms with Gasteiger partial charge < -0.3 is 16.9 Å². The van der Waals surface area contributed by atoms with Gasteiger partial charge in [0.25, 0.3) is 0 Å². The zero-order valence-electron chi connectivity index (χ0n) is 11.1. The molecule has 5 N–H and O–H groups in total. The summed E-state index contributed by atoms with van der Waals surface area (Å²) < 4.78 is 38.8. The second kappa shape index (κ2) is 5.08. The van der Waals surface area contributed by atoms with E-state index in [2.05, 4.69) is 4.98 Å². The summed E-state index contributed by atoms with van der Waals surface area (Å²) in [5.41, 5.74) is 11.9. The van der Waals surface area contributed by atoms with E-state index in [4.69, 9.17) is 16.9 Å². The summed E-state index contributed by atoms with van der Waals surface area (Å²) in [4.78, 5) is 4.04. The monoisotopic (exact) mass is 294 g/mol. The van der Waals surface area contributed by atoms with E-state index < -0.39 is 11.7 Å². The summed E-state index contributed by atoms with van der Waals surface area (Å²) in [7, 11) is 0. The number of alkyl halides is 3. The maximum absolute atomic E-state index is 12.9. The van der Waals surface area contributed by atoms with Crippen LogP contribution in [-0.4, -0.2) is 11.2 Å². The Bertz CT molecular complexity index is 688. The molecule has 0 unspecified atom stereocenters. The summed E-state index contributed by atoms with van der Waals surface area (Å²) in [5.74, 6) is 0. The summed E-state index contributed by atoms with van der Waals surface area (Å²) in [6.07, 6.45) is -2.15. The van der Waals surface area contributed by atoms with Crippen LogP contribution in [0.15, 0.2) is 24.4 Å². The van der Waals surface area contributed by atoms with E-state index in [9.17, 15) is 13.2 Å². The fourth-order valence-electron chi connectivity index (χ4n) is 2.14. The number of rotatable bonds is 2. The fourth-order valence-corrected chi connectivity index (χ4v) is 2.14. The molecule has 21 heavy (non-hydrogen) atoms. The van der Waals surface area contributed by atoms with Gasteiger partial charge in [-0.1, -0.05) is 0 Å². The third kappa shape index (κ3) is 2.67. The highest BCUT2D eigenvalue weighted by atomic mass is 19.4. The van der Waals surface area contributed by atoms with E-state index in [1.807, 2.05) is 0 Å². The van der Waals surface area contributed by atoms with E-state index in [1.54, 1.807) is 6.92 Å². The first kappa shape index (κ1) is 14.8. The van der Waals surface area contributed by atoms with Gasteiger partial charge in [0, 0.05) is 40.6 Å². The minimum atomic E-state index is -4.53. The van der Waals surface area contributed by atoms with Gasteiger partial charge in [0.15, 0.2) is 0 Å². The predicted octanol–water partition coefficient (Wildman–Crippen LogP) is 3.24. The molecule has 2 rings (SSSR count). The van der Waals surface area contributed by atoms with Crippen LogP contribution in [0.1, 0.15) is 16.8 Å². The van der Waals surface area contributed by atoms with Gasteiger partial charge >= 0.3 is 6.18 Å². The summed E-state index contributed by atoms with van der Waals surface area (Å²) in [5, 5.41) is 7.39. The zero-order valence-corrected chi connectivity index (χ0v) is 11.1. The fraction of sp³-hybridized carbons (Fsp3) is 0.143. The molecule has 1 heterocycles. The molecule has 2 aromatic rings. The van der Waals surface area contributed by atoms with Crippen molar-refractivity contribution in [2.45, 2.75) is 13.1 Å². The number of hydrogen-bond donors (Lipinski definition) is 3. The summed E-state index contributed by atoms with van der Waals surface area (Å²) in [6.45, 7) is 1.63. The molecule has 0 aliphatic carbocycles. The SMILES string of the molecule is Cc1nccc(N)c1-c1cc(C(F)(F)F)cc(N)c1C=N. The average molecular weight is 294 g/mol. The van der Waals surface area contributed by atoms with Gasteiger partial charge in [-0.3, -0.25) is 4.98 Å². The van der Waals surface area contributed by atoms with Crippen LogP contribution in [0.2, 0.25) is 0 Å². The molecule has 1 aromatic heterocycles. The van der Waals surface area contributed by atoms with E-state index in [-0.39, 0.29) is 22.5 Å². The Balaban J connectivity index is 2.84. The standard InChI is InChI=1S/C14H13F3N4/c1-7-13(11(19)2-3-21-7)9-4-8(14(15,16)17)5-12(20)10(9)6-18/h2-6,18H,20H2,1H3,(H2,19,21). The van der Waals surface area contributed by atoms with Crippen LogP contribution >= 0.6 is 0 Å². The van der Waals surface area contributed by atoms with Crippen LogP contribution < -0.4 is 11.5 Å². The lowest BCUT2D eigenvalue weighted by Crippen LogP contribution is -2.09. The quantitative estimate of drug-likeness (QED) is 0.586. The lowest BCUT2D eigenvalue weighted by Gasteiger charge is -2.16. The molecule has 0 fully saturated rings. The van der Waals surface area contributed by atoms with Crippen molar-refractivity contribution in [1.29, 1.82) is 5.41 Å². The molecule has 110 valence electrons. The second-order valence-corrected chi connectivity index (χ2v) is 4.53. The lowest BCUT2D eigenvalue weighted by atomic mass is 9.94. The third-order valence-corrected chi connectivity index (χ3v) is 3.13. The molecule has 0 spiro atoms. The molecule has 7 heteroatoms. The van der Waals surface area contributed by atoms with E-state index in [1.165, 1.54) is 12.3 Å². The highest BCUT2D eigenvalue weighted by Crippen LogP contribution is 2.38. The summed E-state index contributed by atoms with van der Waals surface area (Å²) in [6, 6.07) is 3.25. The van der Waals surface area contributed by atoms with Gasteiger partial charge in [0.1, 0.15) is 0 Å². The van der Waals surface area contributed by atoms with Crippen molar-refractivity contribution < 1.29 is 13.2 Å². The summed E-state index contributed by atoms with van der Waals surface area (Å²) >= 11 is 0. The van der Waals surface area contributed by atoms with Crippen molar-refractivity contribution in [1.82, 2.24) is 4.98 Å². The second-order valence-electron chi connectivity index (χ2n) is 4.53. The van der Waals surface area contributed by atoms with Gasteiger partial charge in [-0.25, -0.2) is 0 Å². The Kier molecular flexibility index (Phi) is 3.59. The number of aryl methyl sites for hydroxylation is 1. The zero-order chi connectivity index (χ0) is 15.8. The van der Waals surface area contributed by atoms with Gasteiger partial charge in [0.05, 0.1) is 5.56 Å². The molecule has 0 aliphatic heterocycles. The van der Waals surface area contributed by atoms with Crippen LogP contribution in [0.5, 0.6) is 0 Å². The average Bonchev–Trinajstić information content (AvgIpc) is 2.37. The minimum Gasteiger partial charge on any atom is -0.398 e. The van der Waals surface area contributed by atoms with Crippen molar-refractivity contribution >= 4 is 17.6 Å². The molecule has 0 saturated heterocycles. The first-order chi connectivity index (χ1) is 9.75. The normalized spacial score (nSPS) is 11.4. The van der Waals surface area contributed by atoms with Crippen LogP contribution in [-0.2, 0) is 6.18 Å². The first-order valence-electron chi connectivity index (χ1n) is 5.98. The first-order valence-corrected chi connectivity index (χ1v) is 5.98. The number of nitrogen functional groups attached to an aromatic ring is 2. The number of hydrogen-bond acceptors (Lipinski definition) is 4. The molecule has 1 aromatic carbocycles. The van der Waals surface area contributed by atoms with Crippen molar-refractivity contribution in [3.8, 4) is 11.1 Å². The minimum absolute atomic E-state index is 0.127. The molecular formula is C14H13F3N4. The molecule has 0 bridgehead atoms. The van der Waals surface area contributed by atoms with Crippen molar-refractivity contribution in [3.05, 3.63) is 41.2 Å². The smallest absolute Gasteiger partial charge is 0.398 e. The van der Waals surface area contributed by atoms with E-state index in [0.29, 0.717) is 11.3 Å². The number of pyridine rings is 1. The van der Waals surface area contributed by atoms with E-state index >= 15 is 0 Å². The molecule has 0 atom stereocenters. The molecule has 4 nitrogen and oxygen atoms in total. The Morgan fingerprint density at radius 1 is 1.19 bits per heavy atom. The number of benzene rings is 1. The molecule has 0 aliphatic rings. The number of halogens is 3. The largest absolute Gasteiger partial charge is 0.416 e. The van der Waals surface area contributed by atoms with Gasteiger partial charge in [-0.15, -0.1) is 0 Å². The number of nitrogens with one attached hydrogen (secondary N) is 1. The number of nitrogens with two attached hydrogens (primary N) is 2. The Hall–Kier alpha value is -2.57. The van der Waals surface area contributed by atoms with Crippen LogP contribution in [0.4, 0.5) is 24.5 Å². The molecular weight excluding hydrogens is 281 g/mol. The Labute approximate surface area is 119 Å². The van der Waals surface area contributed by atoms with Crippen molar-refractivity contribution in [3.63, 3.8) is 0 Å². The number of anilines is 2. The predicted molar refractivity (Wildman–Crippen MR) is 76.1 cm³/mol. The number of aromatic nitrogens is 1. The highest BCUT2D eigenvalue weighted by Gasteiger charge is 2.32. The molecule has 0 saturated carbocycles. The maximum atomic E-state index is 12.9. The van der Waals surface area contributed by atoms with Crippen molar-refractivity contribution in [2.75, 3.05) is 11.5 Å². The number of nitrogens with zero attached hydrogens (tertiary/aromatic N) is 1. The van der Waals surface area contributed by atoms with Crippen LogP contribution in [0, 0.1) is 12.3 Å². The van der Waals surface area contributed by atoms with Crippen LogP contribution in [0.3, 0.4) is 0 Å². The van der Waals surface area contributed by atoms with Gasteiger partial charge in [-0.05, 0) is 30.7 Å². The topological polar surface area (TPSA) is 88.8 Å². The highest BCUT2D eigenvalue weighted by molar-refractivity contribution is 5.98. The maximum Gasteiger partial charge on any atom is 0.416 e. The van der Waals surface area contributed by atoms with Gasteiger partial charge in [0.2, 0.25) is 0 Å². The molecule has 0 radical (unpaired) electrons. The lowest BCUT2D eigenvalue weighted by molar-refractivity contribution is -0.137. The van der Waals surface area contributed by atoms with Crippen LogP contribution in [0.25, 0.3) is 11.1 Å². The third-order valence-electron chi connectivity index (χ3n) is 3.13.